The molecule has 0 spiro atoms. The molecule has 0 aliphatic rings. The van der Waals surface area contributed by atoms with Crippen LogP contribution in [0.2, 0.25) is 0 Å². The first-order valence-corrected chi connectivity index (χ1v) is 7.24. The second-order valence-electron chi connectivity index (χ2n) is 4.48. The van der Waals surface area contributed by atoms with E-state index in [0.717, 1.165) is 24.3 Å². The zero-order chi connectivity index (χ0) is 12.6. The second kappa shape index (κ2) is 7.96. The van der Waals surface area contributed by atoms with Crippen LogP contribution >= 0.6 is 11.8 Å². The van der Waals surface area contributed by atoms with Crippen LogP contribution < -0.4 is 11.1 Å². The summed E-state index contributed by atoms with van der Waals surface area (Å²) in [7, 11) is 0. The van der Waals surface area contributed by atoms with Gasteiger partial charge < -0.3 is 11.1 Å². The average molecular weight is 246 g/mol. The first-order chi connectivity index (χ1) is 7.50. The summed E-state index contributed by atoms with van der Waals surface area (Å²) in [6.07, 6.45) is 1.81. The van der Waals surface area contributed by atoms with Gasteiger partial charge in [-0.25, -0.2) is 0 Å². The lowest BCUT2D eigenvalue weighted by atomic mass is 9.86. The fourth-order valence-electron chi connectivity index (χ4n) is 1.27. The highest BCUT2D eigenvalue weighted by molar-refractivity contribution is 7.99. The highest BCUT2D eigenvalue weighted by Crippen LogP contribution is 2.19. The van der Waals surface area contributed by atoms with Gasteiger partial charge in [0.05, 0.1) is 5.41 Å². The minimum absolute atomic E-state index is 0.0894. The summed E-state index contributed by atoms with van der Waals surface area (Å²) in [4.78, 5) is 12.0. The van der Waals surface area contributed by atoms with Gasteiger partial charge in [-0.1, -0.05) is 13.8 Å². The van der Waals surface area contributed by atoms with E-state index in [-0.39, 0.29) is 11.9 Å². The molecule has 0 saturated carbocycles. The van der Waals surface area contributed by atoms with Crippen molar-refractivity contribution in [3.8, 4) is 0 Å². The van der Waals surface area contributed by atoms with Gasteiger partial charge >= 0.3 is 0 Å². The van der Waals surface area contributed by atoms with Crippen molar-refractivity contribution in [1.29, 1.82) is 0 Å². The molecule has 1 amide bonds. The van der Waals surface area contributed by atoms with Crippen molar-refractivity contribution in [2.75, 3.05) is 18.1 Å². The first-order valence-electron chi connectivity index (χ1n) is 6.09. The molecule has 0 rings (SSSR count). The molecule has 0 aromatic carbocycles. The Labute approximate surface area is 104 Å². The van der Waals surface area contributed by atoms with Gasteiger partial charge in [0.15, 0.2) is 0 Å². The Morgan fingerprint density at radius 1 is 1.50 bits per heavy atom. The molecule has 3 nitrogen and oxygen atoms in total. The van der Waals surface area contributed by atoms with Gasteiger partial charge in [-0.2, -0.15) is 11.8 Å². The molecule has 0 bridgehead atoms. The van der Waals surface area contributed by atoms with Crippen molar-refractivity contribution >= 4 is 17.7 Å². The first kappa shape index (κ1) is 15.8. The number of thioether (sulfide) groups is 1. The molecule has 0 aromatic rings. The predicted octanol–water partition coefficient (Wildman–Crippen LogP) is 2.01. The Morgan fingerprint density at radius 3 is 2.56 bits per heavy atom. The van der Waals surface area contributed by atoms with Gasteiger partial charge in [-0.3, -0.25) is 4.79 Å². The lowest BCUT2D eigenvalue weighted by Crippen LogP contribution is -2.46. The standard InChI is InChI=1S/C12H26N2OS/c1-5-12(4,9-13)11(15)14-10(3)7-8-16-6-2/h10H,5-9,13H2,1-4H3,(H,14,15). The lowest BCUT2D eigenvalue weighted by Gasteiger charge is -2.27. The third-order valence-corrected chi connectivity index (χ3v) is 3.99. The van der Waals surface area contributed by atoms with Crippen molar-refractivity contribution in [3.63, 3.8) is 0 Å². The van der Waals surface area contributed by atoms with Crippen molar-refractivity contribution in [1.82, 2.24) is 5.32 Å². The van der Waals surface area contributed by atoms with Gasteiger partial charge in [-0.15, -0.1) is 0 Å². The molecule has 3 N–H and O–H groups in total. The predicted molar refractivity (Wildman–Crippen MR) is 72.7 cm³/mol. The van der Waals surface area contributed by atoms with E-state index in [2.05, 4.69) is 19.2 Å². The average Bonchev–Trinajstić information content (AvgIpc) is 2.28. The summed E-state index contributed by atoms with van der Waals surface area (Å²) in [5.74, 6) is 2.33. The van der Waals surface area contributed by atoms with Crippen LogP contribution in [-0.2, 0) is 4.79 Å². The number of hydrogen-bond acceptors (Lipinski definition) is 3. The van der Waals surface area contributed by atoms with Crippen molar-refractivity contribution in [2.24, 2.45) is 11.1 Å². The van der Waals surface area contributed by atoms with Crippen LogP contribution in [0.3, 0.4) is 0 Å². The fourth-order valence-corrected chi connectivity index (χ4v) is 2.08. The van der Waals surface area contributed by atoms with Crippen LogP contribution in [0.25, 0.3) is 0 Å². The summed E-state index contributed by atoms with van der Waals surface area (Å²) >= 11 is 1.91. The summed E-state index contributed by atoms with van der Waals surface area (Å²) in [5, 5.41) is 3.05. The summed E-state index contributed by atoms with van der Waals surface area (Å²) < 4.78 is 0. The van der Waals surface area contributed by atoms with Crippen LogP contribution in [0.1, 0.15) is 40.5 Å². The third-order valence-electron chi connectivity index (χ3n) is 3.06. The lowest BCUT2D eigenvalue weighted by molar-refractivity contribution is -0.130. The van der Waals surface area contributed by atoms with Crippen LogP contribution in [-0.4, -0.2) is 30.0 Å². The number of carbonyl (C=O) groups excluding carboxylic acids is 1. The molecule has 0 aliphatic heterocycles. The minimum atomic E-state index is -0.411. The Bertz CT molecular complexity index is 205. The van der Waals surface area contributed by atoms with E-state index >= 15 is 0 Å². The minimum Gasteiger partial charge on any atom is -0.353 e. The largest absolute Gasteiger partial charge is 0.353 e. The Balaban J connectivity index is 4.02. The van der Waals surface area contributed by atoms with Crippen molar-refractivity contribution < 1.29 is 4.79 Å². The topological polar surface area (TPSA) is 55.1 Å². The Morgan fingerprint density at radius 2 is 2.12 bits per heavy atom. The summed E-state index contributed by atoms with van der Waals surface area (Å²) in [6.45, 7) is 8.54. The number of rotatable bonds is 8. The number of carbonyl (C=O) groups is 1. The monoisotopic (exact) mass is 246 g/mol. The normalized spacial score (nSPS) is 16.6. The van der Waals surface area contributed by atoms with E-state index < -0.39 is 5.41 Å². The van der Waals surface area contributed by atoms with E-state index in [1.54, 1.807) is 0 Å². The van der Waals surface area contributed by atoms with Gasteiger partial charge in [0.2, 0.25) is 5.91 Å². The molecule has 2 unspecified atom stereocenters. The molecular weight excluding hydrogens is 220 g/mol. The fraction of sp³-hybridized carbons (Fsp3) is 0.917. The highest BCUT2D eigenvalue weighted by atomic mass is 32.2. The molecule has 0 fully saturated rings. The van der Waals surface area contributed by atoms with E-state index in [4.69, 9.17) is 5.73 Å². The zero-order valence-corrected chi connectivity index (χ0v) is 11.8. The van der Waals surface area contributed by atoms with E-state index in [1.807, 2.05) is 25.6 Å². The van der Waals surface area contributed by atoms with Crippen LogP contribution in [0.15, 0.2) is 0 Å². The van der Waals surface area contributed by atoms with E-state index in [9.17, 15) is 4.79 Å². The van der Waals surface area contributed by atoms with Gasteiger partial charge in [0.1, 0.15) is 0 Å². The molecule has 16 heavy (non-hydrogen) atoms. The highest BCUT2D eigenvalue weighted by Gasteiger charge is 2.30. The third kappa shape index (κ3) is 5.21. The van der Waals surface area contributed by atoms with Gasteiger partial charge in [0, 0.05) is 12.6 Å². The molecule has 0 saturated heterocycles. The number of nitrogens with two attached hydrogens (primary N) is 1. The van der Waals surface area contributed by atoms with Gasteiger partial charge in [0.25, 0.3) is 0 Å². The summed E-state index contributed by atoms with van der Waals surface area (Å²) in [5.41, 5.74) is 5.24. The SMILES string of the molecule is CCSCCC(C)NC(=O)C(C)(CC)CN. The van der Waals surface area contributed by atoms with Crippen molar-refractivity contribution in [2.45, 2.75) is 46.6 Å². The van der Waals surface area contributed by atoms with Gasteiger partial charge in [-0.05, 0) is 38.2 Å². The van der Waals surface area contributed by atoms with Crippen LogP contribution in [0.4, 0.5) is 0 Å². The Kier molecular flexibility index (Phi) is 7.85. The quantitative estimate of drug-likeness (QED) is 0.644. The molecule has 0 radical (unpaired) electrons. The molecule has 4 heteroatoms. The van der Waals surface area contributed by atoms with Crippen LogP contribution in [0.5, 0.6) is 0 Å². The number of nitrogens with one attached hydrogen (secondary N) is 1. The zero-order valence-electron chi connectivity index (χ0n) is 11.0. The maximum atomic E-state index is 12.0. The number of amides is 1. The molecule has 0 aromatic heterocycles. The molecule has 0 aliphatic carbocycles. The van der Waals surface area contributed by atoms with E-state index in [0.29, 0.717) is 6.54 Å². The molecule has 0 heterocycles. The Hall–Kier alpha value is -0.220. The molecule has 2 atom stereocenters. The maximum Gasteiger partial charge on any atom is 0.227 e. The number of hydrogen-bond donors (Lipinski definition) is 2. The molecule has 96 valence electrons. The van der Waals surface area contributed by atoms with Crippen LogP contribution in [0, 0.1) is 5.41 Å². The smallest absolute Gasteiger partial charge is 0.227 e. The van der Waals surface area contributed by atoms with Crippen molar-refractivity contribution in [3.05, 3.63) is 0 Å². The molecular formula is C12H26N2OS. The second-order valence-corrected chi connectivity index (χ2v) is 5.87. The van der Waals surface area contributed by atoms with E-state index in [1.165, 1.54) is 0 Å². The summed E-state index contributed by atoms with van der Waals surface area (Å²) in [6, 6.07) is 0.240. The maximum absolute atomic E-state index is 12.0.